The van der Waals surface area contributed by atoms with Crippen molar-refractivity contribution < 1.29 is 10.0 Å². The minimum absolute atomic E-state index is 0.399. The molecule has 0 aliphatic rings. The number of rotatable bonds is 4. The molecule has 1 amide bonds. The van der Waals surface area contributed by atoms with Crippen LogP contribution in [0.5, 0.6) is 0 Å². The van der Waals surface area contributed by atoms with Crippen molar-refractivity contribution >= 4 is 56.0 Å². The van der Waals surface area contributed by atoms with Gasteiger partial charge in [0.15, 0.2) is 5.13 Å². The Kier molecular flexibility index (Phi) is 4.37. The third-order valence-electron chi connectivity index (χ3n) is 3.68. The predicted molar refractivity (Wildman–Crippen MR) is 103 cm³/mol. The number of aryl methyl sites for hydroxylation is 1. The highest BCUT2D eigenvalue weighted by Gasteiger charge is 2.16. The van der Waals surface area contributed by atoms with Gasteiger partial charge in [0.1, 0.15) is 16.5 Å². The second kappa shape index (κ2) is 6.69. The van der Waals surface area contributed by atoms with Gasteiger partial charge < -0.3 is 5.32 Å². The number of carbonyl (C=O) groups is 1. The maximum absolute atomic E-state index is 11.4. The Bertz CT molecular complexity index is 1120. The monoisotopic (exact) mass is 405 g/mol. The number of hydrogen-bond donors (Lipinski definition) is 3. The summed E-state index contributed by atoms with van der Waals surface area (Å²) in [6.45, 7) is 1.92. The number of aromatic nitrogens is 3. The number of hydroxylamine groups is 1. The smallest absolute Gasteiger partial charge is 0.284 e. The molecule has 0 radical (unpaired) electrons. The van der Waals surface area contributed by atoms with Crippen LogP contribution < -0.4 is 10.8 Å². The van der Waals surface area contributed by atoms with Crippen molar-refractivity contribution in [1.82, 2.24) is 19.8 Å². The minimum atomic E-state index is -0.543. The first-order valence-corrected chi connectivity index (χ1v) is 9.55. The standard InChI is InChI=1S/C16H12ClN5O2S2/c1-8-14(22-11(17)3-2-4-12(22)18-8)9-7-25-16(19-9)20-13-6-5-10(26-13)15(23)21-24/h2-7,24H,1H3,(H,19,20)(H,21,23). The lowest BCUT2D eigenvalue weighted by Gasteiger charge is -2.02. The fraction of sp³-hybridized carbons (Fsp3) is 0.0625. The maximum atomic E-state index is 11.4. The van der Waals surface area contributed by atoms with Gasteiger partial charge in [0.25, 0.3) is 5.91 Å². The van der Waals surface area contributed by atoms with Crippen LogP contribution in [0.2, 0.25) is 5.15 Å². The normalized spacial score (nSPS) is 11.0. The van der Waals surface area contributed by atoms with Crippen molar-refractivity contribution in [3.8, 4) is 11.4 Å². The zero-order chi connectivity index (χ0) is 18.3. The summed E-state index contributed by atoms with van der Waals surface area (Å²) in [6.07, 6.45) is 0. The Morgan fingerprint density at radius 2 is 2.12 bits per heavy atom. The summed E-state index contributed by atoms with van der Waals surface area (Å²) in [6, 6.07) is 8.95. The Morgan fingerprint density at radius 1 is 1.27 bits per heavy atom. The molecule has 0 unspecified atom stereocenters. The van der Waals surface area contributed by atoms with Gasteiger partial charge in [-0.15, -0.1) is 22.7 Å². The summed E-state index contributed by atoms with van der Waals surface area (Å²) >= 11 is 8.99. The molecular formula is C16H12ClN5O2S2. The Labute approximate surface area is 160 Å². The number of thiophene rings is 1. The van der Waals surface area contributed by atoms with Crippen molar-refractivity contribution in [2.45, 2.75) is 6.92 Å². The molecule has 0 aliphatic heterocycles. The van der Waals surface area contributed by atoms with E-state index in [4.69, 9.17) is 16.8 Å². The molecule has 0 bridgehead atoms. The van der Waals surface area contributed by atoms with Gasteiger partial charge in [-0.1, -0.05) is 17.7 Å². The SMILES string of the molecule is Cc1nc2cccc(Cl)n2c1-c1csc(Nc2ccc(C(=O)NO)s2)n1. The predicted octanol–water partition coefficient (Wildman–Crippen LogP) is 4.34. The summed E-state index contributed by atoms with van der Waals surface area (Å²) in [7, 11) is 0. The number of carbonyl (C=O) groups excluding carboxylic acids is 1. The van der Waals surface area contributed by atoms with Gasteiger partial charge in [0, 0.05) is 5.38 Å². The zero-order valence-corrected chi connectivity index (χ0v) is 15.7. The number of nitrogens with zero attached hydrogens (tertiary/aromatic N) is 3. The largest absolute Gasteiger partial charge is 0.323 e. The minimum Gasteiger partial charge on any atom is -0.323 e. The molecule has 132 valence electrons. The molecule has 3 N–H and O–H groups in total. The molecule has 10 heteroatoms. The third kappa shape index (κ3) is 2.95. The summed E-state index contributed by atoms with van der Waals surface area (Å²) in [5.74, 6) is -0.543. The quantitative estimate of drug-likeness (QED) is 0.267. The third-order valence-corrected chi connectivity index (χ3v) is 5.73. The molecule has 7 nitrogen and oxygen atoms in total. The number of halogens is 1. The van der Waals surface area contributed by atoms with E-state index in [1.807, 2.05) is 34.9 Å². The Hall–Kier alpha value is -2.46. The highest BCUT2D eigenvalue weighted by atomic mass is 35.5. The first kappa shape index (κ1) is 17.0. The van der Waals surface area contributed by atoms with Gasteiger partial charge in [-0.05, 0) is 31.2 Å². The summed E-state index contributed by atoms with van der Waals surface area (Å²) in [5.41, 5.74) is 4.84. The Morgan fingerprint density at radius 3 is 2.92 bits per heavy atom. The zero-order valence-electron chi connectivity index (χ0n) is 13.4. The molecule has 0 saturated heterocycles. The maximum Gasteiger partial charge on any atom is 0.284 e. The molecule has 0 aromatic carbocycles. The van der Waals surface area contributed by atoms with E-state index in [2.05, 4.69) is 15.3 Å². The van der Waals surface area contributed by atoms with Gasteiger partial charge >= 0.3 is 0 Å². The first-order chi connectivity index (χ1) is 12.6. The van der Waals surface area contributed by atoms with E-state index in [1.54, 1.807) is 17.6 Å². The average molecular weight is 406 g/mol. The molecule has 4 rings (SSSR count). The van der Waals surface area contributed by atoms with Crippen LogP contribution in [-0.2, 0) is 0 Å². The van der Waals surface area contributed by atoms with E-state index < -0.39 is 5.91 Å². The van der Waals surface area contributed by atoms with Gasteiger partial charge in [-0.3, -0.25) is 14.4 Å². The van der Waals surface area contributed by atoms with E-state index in [0.717, 1.165) is 27.7 Å². The summed E-state index contributed by atoms with van der Waals surface area (Å²) < 4.78 is 1.87. The number of amides is 1. The van der Waals surface area contributed by atoms with Gasteiger partial charge in [-0.25, -0.2) is 15.4 Å². The summed E-state index contributed by atoms with van der Waals surface area (Å²) in [5, 5.41) is 15.8. The lowest BCUT2D eigenvalue weighted by molar-refractivity contribution is 0.0711. The van der Waals surface area contributed by atoms with E-state index in [1.165, 1.54) is 22.7 Å². The summed E-state index contributed by atoms with van der Waals surface area (Å²) in [4.78, 5) is 21.0. The number of pyridine rings is 1. The molecule has 0 aliphatic carbocycles. The molecule has 26 heavy (non-hydrogen) atoms. The van der Waals surface area contributed by atoms with Crippen LogP contribution in [0, 0.1) is 6.92 Å². The molecule has 4 aromatic rings. The van der Waals surface area contributed by atoms with Gasteiger partial charge in [-0.2, -0.15) is 0 Å². The molecule has 4 heterocycles. The van der Waals surface area contributed by atoms with E-state index in [0.29, 0.717) is 15.2 Å². The van der Waals surface area contributed by atoms with Crippen molar-refractivity contribution in [3.63, 3.8) is 0 Å². The number of imidazole rings is 1. The molecule has 4 aromatic heterocycles. The topological polar surface area (TPSA) is 91.5 Å². The van der Waals surface area contributed by atoms with Crippen LogP contribution >= 0.6 is 34.3 Å². The Balaban J connectivity index is 1.66. The number of fused-ring (bicyclic) bond motifs is 1. The highest BCUT2D eigenvalue weighted by Crippen LogP contribution is 2.33. The van der Waals surface area contributed by atoms with E-state index in [9.17, 15) is 4.79 Å². The van der Waals surface area contributed by atoms with Crippen LogP contribution in [0.3, 0.4) is 0 Å². The fourth-order valence-electron chi connectivity index (χ4n) is 2.59. The van der Waals surface area contributed by atoms with Crippen molar-refractivity contribution in [2.75, 3.05) is 5.32 Å². The fourth-order valence-corrected chi connectivity index (χ4v) is 4.41. The first-order valence-electron chi connectivity index (χ1n) is 7.47. The van der Waals surface area contributed by atoms with Crippen molar-refractivity contribution in [2.24, 2.45) is 0 Å². The number of thiazole rings is 1. The van der Waals surface area contributed by atoms with Crippen LogP contribution in [0.25, 0.3) is 17.0 Å². The van der Waals surface area contributed by atoms with Crippen LogP contribution in [0.1, 0.15) is 15.4 Å². The number of hydrogen-bond acceptors (Lipinski definition) is 7. The second-order valence-electron chi connectivity index (χ2n) is 5.36. The van der Waals surface area contributed by atoms with Crippen LogP contribution in [0.4, 0.5) is 10.1 Å². The second-order valence-corrected chi connectivity index (χ2v) is 7.68. The number of anilines is 2. The average Bonchev–Trinajstić information content (AvgIpc) is 3.33. The van der Waals surface area contributed by atoms with E-state index in [-0.39, 0.29) is 0 Å². The van der Waals surface area contributed by atoms with Crippen LogP contribution in [0.15, 0.2) is 35.7 Å². The molecule has 0 saturated carbocycles. The van der Waals surface area contributed by atoms with Gasteiger partial charge in [0.2, 0.25) is 0 Å². The molecular weight excluding hydrogens is 394 g/mol. The lowest BCUT2D eigenvalue weighted by atomic mass is 10.3. The van der Waals surface area contributed by atoms with Crippen LogP contribution in [-0.4, -0.2) is 25.5 Å². The lowest BCUT2D eigenvalue weighted by Crippen LogP contribution is -2.16. The van der Waals surface area contributed by atoms with Gasteiger partial charge in [0.05, 0.1) is 21.3 Å². The molecule has 0 fully saturated rings. The highest BCUT2D eigenvalue weighted by molar-refractivity contribution is 7.18. The molecule has 0 atom stereocenters. The van der Waals surface area contributed by atoms with Crippen molar-refractivity contribution in [3.05, 3.63) is 51.4 Å². The molecule has 0 spiro atoms. The van der Waals surface area contributed by atoms with E-state index >= 15 is 0 Å². The van der Waals surface area contributed by atoms with Crippen molar-refractivity contribution in [1.29, 1.82) is 0 Å². The number of nitrogens with one attached hydrogen (secondary N) is 2.